The molecule has 0 aliphatic carbocycles. The van der Waals surface area contributed by atoms with Crippen LogP contribution in [-0.2, 0) is 12.0 Å². The molecule has 0 radical (unpaired) electrons. The summed E-state index contributed by atoms with van der Waals surface area (Å²) >= 11 is 1.73. The molecule has 0 unspecified atom stereocenters. The zero-order valence-electron chi connectivity index (χ0n) is 12.3. The van der Waals surface area contributed by atoms with Crippen molar-refractivity contribution < 1.29 is 5.11 Å². The molecule has 4 heteroatoms. The minimum atomic E-state index is -0.255. The van der Waals surface area contributed by atoms with E-state index in [0.717, 1.165) is 29.4 Å². The van der Waals surface area contributed by atoms with Crippen molar-refractivity contribution in [1.82, 2.24) is 10.3 Å². The van der Waals surface area contributed by atoms with E-state index < -0.39 is 0 Å². The first-order chi connectivity index (χ1) is 9.55. The highest BCUT2D eigenvalue weighted by atomic mass is 32.1. The average Bonchev–Trinajstić information content (AvgIpc) is 2.78. The van der Waals surface area contributed by atoms with Crippen LogP contribution in [0.1, 0.15) is 28.1 Å². The molecule has 1 atom stereocenters. The Morgan fingerprint density at radius 1 is 1.25 bits per heavy atom. The molecule has 3 nitrogen and oxygen atoms in total. The zero-order chi connectivity index (χ0) is 14.6. The normalized spacial score (nSPS) is 14.2. The van der Waals surface area contributed by atoms with E-state index in [-0.39, 0.29) is 12.0 Å². The standard InChI is InChI=1S/C16H22N2OS/c1-12-15(20-13(2)18-12)9-17-10-16(3,11-19)14-7-5-4-6-8-14/h4-8,17,19H,9-11H2,1-3H3/t16-/m0/s1. The van der Waals surface area contributed by atoms with Crippen molar-refractivity contribution in [2.45, 2.75) is 32.7 Å². The van der Waals surface area contributed by atoms with Crippen molar-refractivity contribution in [3.8, 4) is 0 Å². The number of aliphatic hydroxyl groups is 1. The number of aliphatic hydroxyl groups excluding tert-OH is 1. The maximum atomic E-state index is 9.74. The SMILES string of the molecule is Cc1nc(C)c(CNC[C@@](C)(CO)c2ccccc2)s1. The number of benzene rings is 1. The Morgan fingerprint density at radius 3 is 2.50 bits per heavy atom. The van der Waals surface area contributed by atoms with E-state index in [4.69, 9.17) is 0 Å². The van der Waals surface area contributed by atoms with Crippen LogP contribution < -0.4 is 5.32 Å². The van der Waals surface area contributed by atoms with Gasteiger partial charge in [-0.15, -0.1) is 11.3 Å². The van der Waals surface area contributed by atoms with E-state index >= 15 is 0 Å². The van der Waals surface area contributed by atoms with Crippen molar-refractivity contribution in [3.63, 3.8) is 0 Å². The fourth-order valence-corrected chi connectivity index (χ4v) is 3.19. The van der Waals surface area contributed by atoms with Crippen LogP contribution in [0, 0.1) is 13.8 Å². The molecule has 1 aromatic carbocycles. The predicted octanol–water partition coefficient (Wildman–Crippen LogP) is 2.80. The van der Waals surface area contributed by atoms with Gasteiger partial charge in [0.25, 0.3) is 0 Å². The van der Waals surface area contributed by atoms with E-state index in [1.807, 2.05) is 32.0 Å². The van der Waals surface area contributed by atoms with Gasteiger partial charge in [0.15, 0.2) is 0 Å². The number of nitrogens with zero attached hydrogens (tertiary/aromatic N) is 1. The Hall–Kier alpha value is -1.23. The van der Waals surface area contributed by atoms with E-state index in [1.165, 1.54) is 4.88 Å². The van der Waals surface area contributed by atoms with Crippen molar-refractivity contribution in [1.29, 1.82) is 0 Å². The topological polar surface area (TPSA) is 45.2 Å². The Kier molecular flexibility index (Phi) is 4.91. The lowest BCUT2D eigenvalue weighted by Crippen LogP contribution is -2.38. The van der Waals surface area contributed by atoms with Gasteiger partial charge >= 0.3 is 0 Å². The average molecular weight is 290 g/mol. The first-order valence-corrected chi connectivity index (χ1v) is 7.67. The second-order valence-corrected chi connectivity index (χ2v) is 6.72. The molecule has 0 amide bonds. The molecular formula is C16H22N2OS. The third-order valence-electron chi connectivity index (χ3n) is 3.62. The highest BCUT2D eigenvalue weighted by Crippen LogP contribution is 2.23. The smallest absolute Gasteiger partial charge is 0.0900 e. The van der Waals surface area contributed by atoms with Crippen LogP contribution in [0.3, 0.4) is 0 Å². The van der Waals surface area contributed by atoms with Crippen molar-refractivity contribution in [2.24, 2.45) is 0 Å². The van der Waals surface area contributed by atoms with E-state index in [1.54, 1.807) is 11.3 Å². The third kappa shape index (κ3) is 3.45. The molecule has 0 fully saturated rings. The van der Waals surface area contributed by atoms with Crippen molar-refractivity contribution in [2.75, 3.05) is 13.2 Å². The number of rotatable bonds is 6. The van der Waals surface area contributed by atoms with Gasteiger partial charge in [0, 0.05) is 23.4 Å². The van der Waals surface area contributed by atoms with Crippen LogP contribution in [0.4, 0.5) is 0 Å². The molecule has 2 rings (SSSR count). The number of hydrogen-bond acceptors (Lipinski definition) is 4. The van der Waals surface area contributed by atoms with Gasteiger partial charge in [-0.05, 0) is 19.4 Å². The fourth-order valence-electron chi connectivity index (χ4n) is 2.28. The van der Waals surface area contributed by atoms with Crippen molar-refractivity contribution >= 4 is 11.3 Å². The van der Waals surface area contributed by atoms with Crippen LogP contribution in [0.5, 0.6) is 0 Å². The van der Waals surface area contributed by atoms with Gasteiger partial charge in [-0.2, -0.15) is 0 Å². The lowest BCUT2D eigenvalue weighted by atomic mass is 9.83. The third-order valence-corrected chi connectivity index (χ3v) is 4.69. The minimum Gasteiger partial charge on any atom is -0.395 e. The van der Waals surface area contributed by atoms with E-state index in [0.29, 0.717) is 0 Å². The highest BCUT2D eigenvalue weighted by Gasteiger charge is 2.25. The maximum absolute atomic E-state index is 9.74. The summed E-state index contributed by atoms with van der Waals surface area (Å²) in [7, 11) is 0. The molecule has 1 heterocycles. The molecule has 0 bridgehead atoms. The number of nitrogens with one attached hydrogen (secondary N) is 1. The lowest BCUT2D eigenvalue weighted by Gasteiger charge is -2.28. The Balaban J connectivity index is 1.99. The molecular weight excluding hydrogens is 268 g/mol. The van der Waals surface area contributed by atoms with Crippen molar-refractivity contribution in [3.05, 3.63) is 51.5 Å². The molecule has 1 aromatic heterocycles. The van der Waals surface area contributed by atoms with Crippen LogP contribution in [0.15, 0.2) is 30.3 Å². The summed E-state index contributed by atoms with van der Waals surface area (Å²) in [5.74, 6) is 0. The highest BCUT2D eigenvalue weighted by molar-refractivity contribution is 7.11. The van der Waals surface area contributed by atoms with Crippen LogP contribution in [0.2, 0.25) is 0 Å². The summed E-state index contributed by atoms with van der Waals surface area (Å²) in [6, 6.07) is 10.2. The first kappa shape index (κ1) is 15.2. The predicted molar refractivity (Wildman–Crippen MR) is 84.2 cm³/mol. The molecule has 2 aromatic rings. The summed E-state index contributed by atoms with van der Waals surface area (Å²) in [6.07, 6.45) is 0. The number of aryl methyl sites for hydroxylation is 2. The second-order valence-electron chi connectivity index (χ2n) is 5.43. The number of aromatic nitrogens is 1. The van der Waals surface area contributed by atoms with Gasteiger partial charge < -0.3 is 10.4 Å². The van der Waals surface area contributed by atoms with Gasteiger partial charge in [-0.3, -0.25) is 0 Å². The van der Waals surface area contributed by atoms with Gasteiger partial charge in [-0.25, -0.2) is 4.98 Å². The zero-order valence-corrected chi connectivity index (χ0v) is 13.1. The molecule has 108 valence electrons. The monoisotopic (exact) mass is 290 g/mol. The van der Waals surface area contributed by atoms with Crippen LogP contribution in [0.25, 0.3) is 0 Å². The molecule has 0 aliphatic rings. The Morgan fingerprint density at radius 2 is 1.95 bits per heavy atom. The van der Waals surface area contributed by atoms with Gasteiger partial charge in [-0.1, -0.05) is 37.3 Å². The largest absolute Gasteiger partial charge is 0.395 e. The molecule has 20 heavy (non-hydrogen) atoms. The molecule has 0 spiro atoms. The van der Waals surface area contributed by atoms with Crippen LogP contribution in [-0.4, -0.2) is 23.2 Å². The van der Waals surface area contributed by atoms with E-state index in [9.17, 15) is 5.11 Å². The summed E-state index contributed by atoms with van der Waals surface area (Å²) in [5, 5.41) is 14.3. The quantitative estimate of drug-likeness (QED) is 0.860. The summed E-state index contributed by atoms with van der Waals surface area (Å²) < 4.78 is 0. The molecule has 0 aliphatic heterocycles. The van der Waals surface area contributed by atoms with Crippen LogP contribution >= 0.6 is 11.3 Å². The Labute approximate surface area is 124 Å². The maximum Gasteiger partial charge on any atom is 0.0900 e. The van der Waals surface area contributed by atoms with Gasteiger partial charge in [0.1, 0.15) is 0 Å². The molecule has 2 N–H and O–H groups in total. The van der Waals surface area contributed by atoms with Gasteiger partial charge in [0.2, 0.25) is 0 Å². The van der Waals surface area contributed by atoms with Gasteiger partial charge in [0.05, 0.1) is 17.3 Å². The summed E-state index contributed by atoms with van der Waals surface area (Å²) in [6.45, 7) is 7.83. The summed E-state index contributed by atoms with van der Waals surface area (Å²) in [5.41, 5.74) is 2.01. The van der Waals surface area contributed by atoms with E-state index in [2.05, 4.69) is 29.4 Å². The molecule has 0 saturated heterocycles. The fraction of sp³-hybridized carbons (Fsp3) is 0.438. The minimum absolute atomic E-state index is 0.130. The number of thiazole rings is 1. The first-order valence-electron chi connectivity index (χ1n) is 6.85. The second kappa shape index (κ2) is 6.48. The summed E-state index contributed by atoms with van der Waals surface area (Å²) in [4.78, 5) is 5.71. The molecule has 0 saturated carbocycles. The number of hydrogen-bond donors (Lipinski definition) is 2. The lowest BCUT2D eigenvalue weighted by molar-refractivity contribution is 0.201. The Bertz CT molecular complexity index is 553.